The minimum Gasteiger partial charge on any atom is -0.410 e. The van der Waals surface area contributed by atoms with Crippen LogP contribution >= 0.6 is 11.8 Å². The van der Waals surface area contributed by atoms with Crippen molar-refractivity contribution in [2.45, 2.75) is 50.1 Å². The van der Waals surface area contributed by atoms with Crippen LogP contribution in [-0.4, -0.2) is 55.9 Å². The normalized spacial score (nSPS) is 17.8. The second-order valence-corrected chi connectivity index (χ2v) is 9.53. The van der Waals surface area contributed by atoms with Crippen LogP contribution in [0.2, 0.25) is 0 Å². The molecule has 1 N–H and O–H groups in total. The number of ether oxygens (including phenoxy) is 1. The second kappa shape index (κ2) is 10.8. The van der Waals surface area contributed by atoms with Crippen molar-refractivity contribution >= 4 is 29.4 Å². The summed E-state index contributed by atoms with van der Waals surface area (Å²) < 4.78 is 7.21. The highest BCUT2D eigenvalue weighted by Crippen LogP contribution is 2.27. The Morgan fingerprint density at radius 3 is 2.47 bits per heavy atom. The minimum absolute atomic E-state index is 0.0888. The lowest BCUT2D eigenvalue weighted by Gasteiger charge is -2.30. The molecule has 1 saturated carbocycles. The van der Waals surface area contributed by atoms with Gasteiger partial charge in [-0.3, -0.25) is 4.79 Å². The Hall–Kier alpha value is -2.62. The SMILES string of the molecule is Cn1nnnc1SCC1CCN(C(=O)Oc2ccc(NC(=O)C3CCCCC3)cc2)CC1. The van der Waals surface area contributed by atoms with Gasteiger partial charge < -0.3 is 15.0 Å². The number of carbonyl (C=O) groups is 2. The van der Waals surface area contributed by atoms with Crippen LogP contribution in [0, 0.1) is 11.8 Å². The summed E-state index contributed by atoms with van der Waals surface area (Å²) in [4.78, 5) is 26.7. The summed E-state index contributed by atoms with van der Waals surface area (Å²) in [6.07, 6.45) is 6.94. The molecule has 2 fully saturated rings. The molecule has 0 bridgehead atoms. The van der Waals surface area contributed by atoms with Crippen molar-refractivity contribution in [2.75, 3.05) is 24.2 Å². The number of nitrogens with one attached hydrogen (secondary N) is 1. The van der Waals surface area contributed by atoms with E-state index in [4.69, 9.17) is 4.74 Å². The number of amides is 2. The van der Waals surface area contributed by atoms with Crippen LogP contribution in [0.3, 0.4) is 0 Å². The van der Waals surface area contributed by atoms with E-state index in [2.05, 4.69) is 20.8 Å². The number of tetrazole rings is 1. The van der Waals surface area contributed by atoms with Gasteiger partial charge in [-0.05, 0) is 66.3 Å². The first-order valence-electron chi connectivity index (χ1n) is 11.3. The van der Waals surface area contributed by atoms with Crippen LogP contribution in [0.4, 0.5) is 10.5 Å². The molecular weight excluding hydrogens is 428 g/mol. The maximum absolute atomic E-state index is 12.5. The van der Waals surface area contributed by atoms with E-state index in [9.17, 15) is 9.59 Å². The number of aromatic nitrogens is 4. The fraction of sp³-hybridized carbons (Fsp3) is 0.591. The van der Waals surface area contributed by atoms with Gasteiger partial charge in [-0.2, -0.15) is 0 Å². The maximum Gasteiger partial charge on any atom is 0.415 e. The van der Waals surface area contributed by atoms with E-state index in [-0.39, 0.29) is 17.9 Å². The average Bonchev–Trinajstić information content (AvgIpc) is 3.24. The number of anilines is 1. The van der Waals surface area contributed by atoms with Crippen LogP contribution in [0.1, 0.15) is 44.9 Å². The number of aryl methyl sites for hydroxylation is 1. The standard InChI is InChI=1S/C22H30N6O3S/c1-27-21(24-25-26-27)32-15-16-11-13-28(14-12-16)22(30)31-19-9-7-18(8-10-19)23-20(29)17-5-3-2-4-6-17/h7-10,16-17H,2-6,11-15H2,1H3,(H,23,29). The fourth-order valence-corrected chi connectivity index (χ4v) is 5.23. The number of thioether (sulfide) groups is 1. The van der Waals surface area contributed by atoms with Crippen LogP contribution in [0.5, 0.6) is 5.75 Å². The zero-order chi connectivity index (χ0) is 22.3. The molecule has 1 aromatic carbocycles. The molecule has 2 heterocycles. The van der Waals surface area contributed by atoms with E-state index in [1.807, 2.05) is 7.05 Å². The van der Waals surface area contributed by atoms with Crippen molar-refractivity contribution in [1.82, 2.24) is 25.1 Å². The maximum atomic E-state index is 12.5. The summed E-state index contributed by atoms with van der Waals surface area (Å²) in [7, 11) is 1.83. The van der Waals surface area contributed by atoms with Gasteiger partial charge in [0.05, 0.1) is 0 Å². The first kappa shape index (κ1) is 22.6. The van der Waals surface area contributed by atoms with Crippen molar-refractivity contribution in [2.24, 2.45) is 18.9 Å². The molecule has 0 spiro atoms. The molecule has 0 unspecified atom stereocenters. The predicted octanol–water partition coefficient (Wildman–Crippen LogP) is 3.73. The van der Waals surface area contributed by atoms with Crippen LogP contribution in [-0.2, 0) is 11.8 Å². The van der Waals surface area contributed by atoms with Crippen molar-refractivity contribution < 1.29 is 14.3 Å². The topological polar surface area (TPSA) is 102 Å². The molecule has 32 heavy (non-hydrogen) atoms. The van der Waals surface area contributed by atoms with Crippen molar-refractivity contribution in [1.29, 1.82) is 0 Å². The van der Waals surface area contributed by atoms with Crippen molar-refractivity contribution in [3.8, 4) is 5.75 Å². The molecule has 1 aliphatic heterocycles. The lowest BCUT2D eigenvalue weighted by atomic mass is 9.88. The number of piperidine rings is 1. The zero-order valence-corrected chi connectivity index (χ0v) is 19.2. The quantitative estimate of drug-likeness (QED) is 0.658. The van der Waals surface area contributed by atoms with E-state index in [1.54, 1.807) is 45.6 Å². The molecule has 1 saturated heterocycles. The molecule has 9 nitrogen and oxygen atoms in total. The highest BCUT2D eigenvalue weighted by atomic mass is 32.2. The summed E-state index contributed by atoms with van der Waals surface area (Å²) in [5, 5.41) is 15.3. The number of carbonyl (C=O) groups excluding carboxylic acids is 2. The number of benzene rings is 1. The van der Waals surface area contributed by atoms with E-state index < -0.39 is 0 Å². The molecule has 0 atom stereocenters. The largest absolute Gasteiger partial charge is 0.415 e. The molecule has 0 radical (unpaired) electrons. The van der Waals surface area contributed by atoms with Crippen molar-refractivity contribution in [3.63, 3.8) is 0 Å². The van der Waals surface area contributed by atoms with Gasteiger partial charge in [0.1, 0.15) is 5.75 Å². The van der Waals surface area contributed by atoms with Gasteiger partial charge in [0.15, 0.2) is 0 Å². The summed E-state index contributed by atoms with van der Waals surface area (Å²) >= 11 is 1.65. The average molecular weight is 459 g/mol. The first-order chi connectivity index (χ1) is 15.6. The minimum atomic E-state index is -0.326. The van der Waals surface area contributed by atoms with Gasteiger partial charge in [-0.15, -0.1) is 5.10 Å². The Labute approximate surface area is 192 Å². The smallest absolute Gasteiger partial charge is 0.410 e. The van der Waals surface area contributed by atoms with Gasteiger partial charge in [0.2, 0.25) is 11.1 Å². The third-order valence-electron chi connectivity index (χ3n) is 6.21. The predicted molar refractivity (Wildman–Crippen MR) is 121 cm³/mol. The van der Waals surface area contributed by atoms with Crippen LogP contribution in [0.15, 0.2) is 29.4 Å². The highest BCUT2D eigenvalue weighted by Gasteiger charge is 2.25. The molecule has 2 aliphatic rings. The second-order valence-electron chi connectivity index (χ2n) is 8.54. The summed E-state index contributed by atoms with van der Waals surface area (Å²) in [5.74, 6) is 2.14. The Morgan fingerprint density at radius 2 is 1.81 bits per heavy atom. The third-order valence-corrected chi connectivity index (χ3v) is 7.45. The van der Waals surface area contributed by atoms with Gasteiger partial charge >= 0.3 is 6.09 Å². The molecule has 4 rings (SSSR count). The molecule has 10 heteroatoms. The third kappa shape index (κ3) is 5.99. The van der Waals surface area contributed by atoms with Crippen LogP contribution in [0.25, 0.3) is 0 Å². The van der Waals surface area contributed by atoms with Gasteiger partial charge in [-0.1, -0.05) is 31.0 Å². The lowest BCUT2D eigenvalue weighted by Crippen LogP contribution is -2.40. The van der Waals surface area contributed by atoms with E-state index in [0.29, 0.717) is 24.8 Å². The number of rotatable bonds is 6. The number of likely N-dealkylation sites (tertiary alicyclic amines) is 1. The fourth-order valence-electron chi connectivity index (χ4n) is 4.20. The number of nitrogens with zero attached hydrogens (tertiary/aromatic N) is 5. The number of hydrogen-bond donors (Lipinski definition) is 1. The Bertz CT molecular complexity index is 905. The van der Waals surface area contributed by atoms with E-state index >= 15 is 0 Å². The zero-order valence-electron chi connectivity index (χ0n) is 18.4. The monoisotopic (exact) mass is 458 g/mol. The Kier molecular flexibility index (Phi) is 7.62. The number of hydrogen-bond acceptors (Lipinski definition) is 7. The van der Waals surface area contributed by atoms with Crippen LogP contribution < -0.4 is 10.1 Å². The van der Waals surface area contributed by atoms with E-state index in [1.165, 1.54) is 6.42 Å². The summed E-state index contributed by atoms with van der Waals surface area (Å²) in [6.45, 7) is 1.35. The Balaban J connectivity index is 1.19. The van der Waals surface area contributed by atoms with Gasteiger partial charge in [-0.25, -0.2) is 9.48 Å². The highest BCUT2D eigenvalue weighted by molar-refractivity contribution is 7.99. The summed E-state index contributed by atoms with van der Waals surface area (Å²) in [5.41, 5.74) is 0.733. The molecule has 172 valence electrons. The van der Waals surface area contributed by atoms with Crippen molar-refractivity contribution in [3.05, 3.63) is 24.3 Å². The molecule has 1 aromatic heterocycles. The van der Waals surface area contributed by atoms with Gasteiger partial charge in [0, 0.05) is 37.5 Å². The van der Waals surface area contributed by atoms with Gasteiger partial charge in [0.25, 0.3) is 0 Å². The molecular formula is C22H30N6O3S. The molecule has 1 aliphatic carbocycles. The summed E-state index contributed by atoms with van der Waals surface area (Å²) in [6, 6.07) is 7.03. The Morgan fingerprint density at radius 1 is 1.09 bits per heavy atom. The molecule has 2 aromatic rings. The first-order valence-corrected chi connectivity index (χ1v) is 12.3. The van der Waals surface area contributed by atoms with E-state index in [0.717, 1.165) is 55.1 Å². The molecule has 2 amide bonds. The lowest BCUT2D eigenvalue weighted by molar-refractivity contribution is -0.120.